The second-order valence-electron chi connectivity index (χ2n) is 5.39. The summed E-state index contributed by atoms with van der Waals surface area (Å²) in [6.07, 6.45) is 0. The van der Waals surface area contributed by atoms with Crippen LogP contribution >= 0.6 is 27.3 Å². The largest absolute Gasteiger partial charge is 0.492 e. The number of nitrogens with one attached hydrogen (secondary N) is 1. The third-order valence-corrected chi connectivity index (χ3v) is 5.29. The molecule has 1 aromatic carbocycles. The number of amides is 1. The second kappa shape index (κ2) is 8.51. The molecule has 2 aromatic heterocycles. The number of benzene rings is 1. The fraction of sp³-hybridized carbons (Fsp3) is 0.278. The Labute approximate surface area is 158 Å². The molecule has 1 amide bonds. The average Bonchev–Trinajstić information content (AvgIpc) is 3.13. The molecule has 0 atom stereocenters. The Balaban J connectivity index is 1.76. The molecule has 0 aliphatic carbocycles. The Bertz CT molecular complexity index is 845. The van der Waals surface area contributed by atoms with Crippen molar-refractivity contribution in [2.75, 3.05) is 26.9 Å². The third-order valence-electron chi connectivity index (χ3n) is 3.71. The molecule has 132 valence electrons. The summed E-state index contributed by atoms with van der Waals surface area (Å²) in [6.45, 7) is 2.05. The standard InChI is InChI=1S/C18H19BrN2O3S/c1-23-9-7-20-18(22)15-11-16-14(12-17(19)25-16)21(15)8-10-24-13-5-3-2-4-6-13/h2-6,11-12H,7-10H2,1H3,(H,20,22). The van der Waals surface area contributed by atoms with Gasteiger partial charge in [0.1, 0.15) is 18.1 Å². The first-order chi connectivity index (χ1) is 12.2. The number of hydrogen-bond acceptors (Lipinski definition) is 4. The van der Waals surface area contributed by atoms with E-state index in [2.05, 4.69) is 21.2 Å². The highest BCUT2D eigenvalue weighted by molar-refractivity contribution is 9.11. The summed E-state index contributed by atoms with van der Waals surface area (Å²) in [7, 11) is 1.61. The zero-order valence-electron chi connectivity index (χ0n) is 13.8. The van der Waals surface area contributed by atoms with E-state index in [0.29, 0.717) is 32.0 Å². The van der Waals surface area contributed by atoms with Gasteiger partial charge in [-0.1, -0.05) is 18.2 Å². The number of rotatable bonds is 8. The topological polar surface area (TPSA) is 52.5 Å². The van der Waals surface area contributed by atoms with Crippen molar-refractivity contribution in [2.24, 2.45) is 0 Å². The second-order valence-corrected chi connectivity index (χ2v) is 7.85. The monoisotopic (exact) mass is 422 g/mol. The van der Waals surface area contributed by atoms with Gasteiger partial charge in [-0.3, -0.25) is 4.79 Å². The van der Waals surface area contributed by atoms with Gasteiger partial charge in [-0.2, -0.15) is 0 Å². The maximum atomic E-state index is 12.5. The van der Waals surface area contributed by atoms with Crippen LogP contribution in [-0.4, -0.2) is 37.3 Å². The lowest BCUT2D eigenvalue weighted by molar-refractivity contribution is 0.0927. The molecule has 3 aromatic rings. The number of para-hydroxylation sites is 1. The number of carbonyl (C=O) groups is 1. The van der Waals surface area contributed by atoms with Crippen LogP contribution in [0.2, 0.25) is 0 Å². The van der Waals surface area contributed by atoms with Crippen LogP contribution in [0, 0.1) is 0 Å². The Morgan fingerprint density at radius 3 is 2.80 bits per heavy atom. The first-order valence-electron chi connectivity index (χ1n) is 7.92. The molecule has 7 heteroatoms. The molecule has 25 heavy (non-hydrogen) atoms. The van der Waals surface area contributed by atoms with E-state index < -0.39 is 0 Å². The molecule has 0 unspecified atom stereocenters. The number of carbonyl (C=O) groups excluding carboxylic acids is 1. The molecule has 0 aliphatic rings. The predicted molar refractivity (Wildman–Crippen MR) is 104 cm³/mol. The normalized spacial score (nSPS) is 11.0. The molecule has 0 saturated heterocycles. The Hall–Kier alpha value is -1.83. The molecule has 1 N–H and O–H groups in total. The van der Waals surface area contributed by atoms with Crippen LogP contribution in [0.25, 0.3) is 10.2 Å². The van der Waals surface area contributed by atoms with E-state index in [-0.39, 0.29) is 5.91 Å². The van der Waals surface area contributed by atoms with Crippen molar-refractivity contribution in [1.82, 2.24) is 9.88 Å². The van der Waals surface area contributed by atoms with Gasteiger partial charge < -0.3 is 19.4 Å². The lowest BCUT2D eigenvalue weighted by atomic mass is 10.3. The van der Waals surface area contributed by atoms with Crippen molar-refractivity contribution in [3.05, 3.63) is 51.9 Å². The summed E-state index contributed by atoms with van der Waals surface area (Å²) < 4.78 is 14.9. The highest BCUT2D eigenvalue weighted by Gasteiger charge is 2.17. The van der Waals surface area contributed by atoms with Gasteiger partial charge in [0.15, 0.2) is 0 Å². The average molecular weight is 423 g/mol. The molecular weight excluding hydrogens is 404 g/mol. The van der Waals surface area contributed by atoms with Gasteiger partial charge in [0.25, 0.3) is 5.91 Å². The van der Waals surface area contributed by atoms with Crippen LogP contribution in [0.5, 0.6) is 5.75 Å². The van der Waals surface area contributed by atoms with Crippen molar-refractivity contribution in [2.45, 2.75) is 6.54 Å². The fourth-order valence-electron chi connectivity index (χ4n) is 2.57. The smallest absolute Gasteiger partial charge is 0.268 e. The van der Waals surface area contributed by atoms with Gasteiger partial charge in [-0.25, -0.2) is 0 Å². The molecule has 2 heterocycles. The summed E-state index contributed by atoms with van der Waals surface area (Å²) in [6, 6.07) is 13.6. The molecule has 0 bridgehead atoms. The molecule has 0 spiro atoms. The van der Waals surface area contributed by atoms with Crippen molar-refractivity contribution in [3.63, 3.8) is 0 Å². The van der Waals surface area contributed by atoms with Gasteiger partial charge in [0.05, 0.1) is 27.2 Å². The van der Waals surface area contributed by atoms with E-state index >= 15 is 0 Å². The van der Waals surface area contributed by atoms with Gasteiger partial charge in [0.2, 0.25) is 0 Å². The van der Waals surface area contributed by atoms with Crippen LogP contribution in [0.15, 0.2) is 46.3 Å². The lowest BCUT2D eigenvalue weighted by Gasteiger charge is -2.12. The van der Waals surface area contributed by atoms with Crippen LogP contribution in [-0.2, 0) is 11.3 Å². The van der Waals surface area contributed by atoms with Crippen LogP contribution in [0.1, 0.15) is 10.5 Å². The number of halogens is 1. The van der Waals surface area contributed by atoms with Crippen molar-refractivity contribution in [1.29, 1.82) is 0 Å². The van der Waals surface area contributed by atoms with Gasteiger partial charge in [-0.05, 0) is 40.2 Å². The summed E-state index contributed by atoms with van der Waals surface area (Å²) >= 11 is 5.13. The molecule has 5 nitrogen and oxygen atoms in total. The highest BCUT2D eigenvalue weighted by Crippen LogP contribution is 2.32. The van der Waals surface area contributed by atoms with E-state index in [1.165, 1.54) is 0 Å². The number of thiophene rings is 1. The van der Waals surface area contributed by atoms with Crippen molar-refractivity contribution >= 4 is 43.4 Å². The van der Waals surface area contributed by atoms with Gasteiger partial charge >= 0.3 is 0 Å². The quantitative estimate of drug-likeness (QED) is 0.559. The SMILES string of the molecule is COCCNC(=O)c1cc2sc(Br)cc2n1CCOc1ccccc1. The first-order valence-corrected chi connectivity index (χ1v) is 9.53. The number of aromatic nitrogens is 1. The van der Waals surface area contributed by atoms with Gasteiger partial charge in [-0.15, -0.1) is 11.3 Å². The summed E-state index contributed by atoms with van der Waals surface area (Å²) in [4.78, 5) is 12.5. The molecule has 3 rings (SSSR count). The fourth-order valence-corrected chi connectivity index (χ4v) is 4.13. The summed E-state index contributed by atoms with van der Waals surface area (Å²) in [5.74, 6) is 0.722. The lowest BCUT2D eigenvalue weighted by Crippen LogP contribution is -2.29. The predicted octanol–water partition coefficient (Wildman–Crippen LogP) is 3.92. The Kier molecular flexibility index (Phi) is 6.12. The zero-order valence-corrected chi connectivity index (χ0v) is 16.2. The molecule has 0 aliphatic heterocycles. The van der Waals surface area contributed by atoms with Crippen molar-refractivity contribution in [3.8, 4) is 5.75 Å². The molecule has 0 fully saturated rings. The number of nitrogens with zero attached hydrogens (tertiary/aromatic N) is 1. The van der Waals surface area contributed by atoms with E-state index in [9.17, 15) is 4.79 Å². The van der Waals surface area contributed by atoms with E-state index in [4.69, 9.17) is 9.47 Å². The maximum absolute atomic E-state index is 12.5. The maximum Gasteiger partial charge on any atom is 0.268 e. The van der Waals surface area contributed by atoms with Crippen LogP contribution in [0.3, 0.4) is 0 Å². The minimum atomic E-state index is -0.101. The summed E-state index contributed by atoms with van der Waals surface area (Å²) in [5.41, 5.74) is 1.67. The van der Waals surface area contributed by atoms with E-state index in [0.717, 1.165) is 19.8 Å². The molecule has 0 saturated carbocycles. The number of ether oxygens (including phenoxy) is 2. The van der Waals surface area contributed by atoms with E-state index in [1.807, 2.05) is 47.0 Å². The van der Waals surface area contributed by atoms with Gasteiger partial charge in [0, 0.05) is 13.7 Å². The number of fused-ring (bicyclic) bond motifs is 1. The third kappa shape index (κ3) is 4.42. The van der Waals surface area contributed by atoms with E-state index in [1.54, 1.807) is 18.4 Å². The number of hydrogen-bond donors (Lipinski definition) is 1. The zero-order chi connectivity index (χ0) is 17.6. The van der Waals surface area contributed by atoms with Crippen molar-refractivity contribution < 1.29 is 14.3 Å². The van der Waals surface area contributed by atoms with Crippen LogP contribution in [0.4, 0.5) is 0 Å². The Morgan fingerprint density at radius 2 is 2.04 bits per heavy atom. The summed E-state index contributed by atoms with van der Waals surface area (Å²) in [5, 5.41) is 2.88. The minimum absolute atomic E-state index is 0.101. The van der Waals surface area contributed by atoms with Crippen LogP contribution < -0.4 is 10.1 Å². The number of methoxy groups -OCH3 is 1. The minimum Gasteiger partial charge on any atom is -0.492 e. The Morgan fingerprint density at radius 1 is 1.24 bits per heavy atom. The molecule has 0 radical (unpaired) electrons. The first kappa shape index (κ1) is 18.0. The molecular formula is C18H19BrN2O3S. The highest BCUT2D eigenvalue weighted by atomic mass is 79.9.